The van der Waals surface area contributed by atoms with Crippen LogP contribution in [0.1, 0.15) is 6.42 Å². The van der Waals surface area contributed by atoms with Crippen molar-refractivity contribution in [2.45, 2.75) is 11.8 Å². The van der Waals surface area contributed by atoms with Crippen LogP contribution >= 0.6 is 11.8 Å². The van der Waals surface area contributed by atoms with Gasteiger partial charge >= 0.3 is 11.9 Å². The van der Waals surface area contributed by atoms with Gasteiger partial charge in [-0.25, -0.2) is 9.59 Å². The van der Waals surface area contributed by atoms with Crippen LogP contribution in [0.2, 0.25) is 0 Å². The van der Waals surface area contributed by atoms with Gasteiger partial charge in [-0.05, 0) is 6.08 Å². The zero-order valence-electron chi connectivity index (χ0n) is 8.21. The number of amides is 1. The van der Waals surface area contributed by atoms with Crippen LogP contribution < -0.4 is 0 Å². The Balaban J connectivity index is 2.02. The van der Waals surface area contributed by atoms with E-state index < -0.39 is 18.5 Å². The first-order valence-electron chi connectivity index (χ1n) is 4.62. The summed E-state index contributed by atoms with van der Waals surface area (Å²) in [5.41, 5.74) is 0.168. The summed E-state index contributed by atoms with van der Waals surface area (Å²) in [6.07, 6.45) is 2.01. The molecular formula is C9H9NO5S. The highest BCUT2D eigenvalue weighted by atomic mass is 32.2. The van der Waals surface area contributed by atoms with Gasteiger partial charge in [-0.15, -0.1) is 11.8 Å². The largest absolute Gasteiger partial charge is 0.479 e. The lowest BCUT2D eigenvalue weighted by Crippen LogP contribution is -2.53. The summed E-state index contributed by atoms with van der Waals surface area (Å²) in [6.45, 7) is -0.685. The third-order valence-corrected chi connectivity index (χ3v) is 3.39. The minimum Gasteiger partial charge on any atom is -0.479 e. The number of hydrogen-bond donors (Lipinski definition) is 1. The number of carboxylic acid groups (broad SMARTS) is 1. The summed E-state index contributed by atoms with van der Waals surface area (Å²) in [4.78, 5) is 34.3. The van der Waals surface area contributed by atoms with Crippen LogP contribution in [0.25, 0.3) is 0 Å². The lowest BCUT2D eigenvalue weighted by molar-refractivity contribution is -0.155. The molecular weight excluding hydrogens is 234 g/mol. The van der Waals surface area contributed by atoms with Gasteiger partial charge in [0, 0.05) is 5.75 Å². The molecule has 1 N–H and O–H groups in total. The van der Waals surface area contributed by atoms with Gasteiger partial charge in [0.05, 0.1) is 11.8 Å². The molecule has 0 radical (unpaired) electrons. The van der Waals surface area contributed by atoms with Gasteiger partial charge in [-0.1, -0.05) is 0 Å². The number of ether oxygens (including phenoxy) is 1. The molecule has 0 unspecified atom stereocenters. The van der Waals surface area contributed by atoms with Gasteiger partial charge in [0.1, 0.15) is 5.70 Å². The average Bonchev–Trinajstić information content (AvgIpc) is 2.23. The Hall–Kier alpha value is -1.50. The zero-order chi connectivity index (χ0) is 11.7. The first kappa shape index (κ1) is 11.0. The molecule has 1 atom stereocenters. The van der Waals surface area contributed by atoms with Crippen LogP contribution in [0.5, 0.6) is 0 Å². The van der Waals surface area contributed by atoms with E-state index in [1.807, 2.05) is 0 Å². The Bertz CT molecular complexity index is 391. The number of carboxylic acids is 1. The molecule has 7 heteroatoms. The Kier molecular flexibility index (Phi) is 2.86. The SMILES string of the molecule is O=C(O)COC(=O)C1=CCS[C@@H]2CC(=O)N12. The van der Waals surface area contributed by atoms with Gasteiger partial charge in [0.25, 0.3) is 0 Å². The summed E-state index contributed by atoms with van der Waals surface area (Å²) in [5, 5.41) is 8.37. The molecule has 0 spiro atoms. The van der Waals surface area contributed by atoms with Crippen molar-refractivity contribution in [1.29, 1.82) is 0 Å². The lowest BCUT2D eigenvalue weighted by Gasteiger charge is -2.42. The molecule has 1 fully saturated rings. The molecule has 1 amide bonds. The summed E-state index contributed by atoms with van der Waals surface area (Å²) in [5.74, 6) is -1.46. The Morgan fingerprint density at radius 2 is 2.38 bits per heavy atom. The van der Waals surface area contributed by atoms with Gasteiger partial charge in [-0.2, -0.15) is 0 Å². The van der Waals surface area contributed by atoms with Crippen molar-refractivity contribution in [1.82, 2.24) is 4.90 Å². The van der Waals surface area contributed by atoms with E-state index in [4.69, 9.17) is 5.11 Å². The fraction of sp³-hybridized carbons (Fsp3) is 0.444. The first-order valence-corrected chi connectivity index (χ1v) is 5.67. The van der Waals surface area contributed by atoms with Crippen LogP contribution in [0.4, 0.5) is 0 Å². The molecule has 16 heavy (non-hydrogen) atoms. The zero-order valence-corrected chi connectivity index (χ0v) is 9.03. The number of β-lactam (4-membered cyclic amide) rings is 1. The van der Waals surface area contributed by atoms with Crippen molar-refractivity contribution in [3.05, 3.63) is 11.8 Å². The second kappa shape index (κ2) is 4.17. The molecule has 0 aromatic heterocycles. The second-order valence-electron chi connectivity index (χ2n) is 3.32. The Labute approximate surface area is 95.2 Å². The predicted molar refractivity (Wildman–Crippen MR) is 54.4 cm³/mol. The molecule has 2 aliphatic rings. The van der Waals surface area contributed by atoms with E-state index in [1.54, 1.807) is 17.8 Å². The van der Waals surface area contributed by atoms with E-state index in [-0.39, 0.29) is 17.0 Å². The number of rotatable bonds is 3. The average molecular weight is 243 g/mol. The molecule has 86 valence electrons. The van der Waals surface area contributed by atoms with E-state index in [9.17, 15) is 14.4 Å². The molecule has 1 saturated heterocycles. The maximum Gasteiger partial charge on any atom is 0.355 e. The fourth-order valence-electron chi connectivity index (χ4n) is 1.53. The van der Waals surface area contributed by atoms with E-state index in [1.165, 1.54) is 4.90 Å². The van der Waals surface area contributed by atoms with Gasteiger partial charge in [0.2, 0.25) is 5.91 Å². The monoisotopic (exact) mass is 243 g/mol. The van der Waals surface area contributed by atoms with Gasteiger partial charge in [0.15, 0.2) is 6.61 Å². The van der Waals surface area contributed by atoms with Crippen molar-refractivity contribution in [3.63, 3.8) is 0 Å². The summed E-state index contributed by atoms with van der Waals surface area (Å²) in [6, 6.07) is 0. The summed E-state index contributed by atoms with van der Waals surface area (Å²) < 4.78 is 4.53. The number of esters is 1. The molecule has 0 aromatic rings. The molecule has 0 saturated carbocycles. The number of aliphatic carboxylic acids is 1. The third-order valence-electron chi connectivity index (χ3n) is 2.27. The van der Waals surface area contributed by atoms with Crippen LogP contribution in [0.15, 0.2) is 11.8 Å². The van der Waals surface area contributed by atoms with E-state index in [0.29, 0.717) is 12.2 Å². The van der Waals surface area contributed by atoms with E-state index in [0.717, 1.165) is 0 Å². The first-order chi connectivity index (χ1) is 7.59. The Morgan fingerprint density at radius 1 is 1.62 bits per heavy atom. The maximum absolute atomic E-state index is 11.5. The van der Waals surface area contributed by atoms with Crippen molar-refractivity contribution in [2.75, 3.05) is 12.4 Å². The molecule has 2 aliphatic heterocycles. The third kappa shape index (κ3) is 1.90. The molecule has 6 nitrogen and oxygen atoms in total. The van der Waals surface area contributed by atoms with Gasteiger partial charge < -0.3 is 9.84 Å². The van der Waals surface area contributed by atoms with E-state index >= 15 is 0 Å². The number of hydrogen-bond acceptors (Lipinski definition) is 5. The van der Waals surface area contributed by atoms with Crippen LogP contribution in [0.3, 0.4) is 0 Å². The lowest BCUT2D eigenvalue weighted by atomic mass is 10.1. The fourth-order valence-corrected chi connectivity index (χ4v) is 2.65. The molecule has 2 rings (SSSR count). The highest BCUT2D eigenvalue weighted by Crippen LogP contribution is 2.37. The van der Waals surface area contributed by atoms with E-state index in [2.05, 4.69) is 4.74 Å². The minimum atomic E-state index is -1.22. The van der Waals surface area contributed by atoms with Crippen molar-refractivity contribution >= 4 is 29.6 Å². The van der Waals surface area contributed by atoms with Crippen LogP contribution in [-0.4, -0.2) is 45.6 Å². The normalized spacial score (nSPS) is 23.0. The topological polar surface area (TPSA) is 83.9 Å². The second-order valence-corrected chi connectivity index (χ2v) is 4.53. The minimum absolute atomic E-state index is 0.00452. The smallest absolute Gasteiger partial charge is 0.355 e. The molecule has 0 aromatic carbocycles. The van der Waals surface area contributed by atoms with Crippen molar-refractivity contribution in [3.8, 4) is 0 Å². The summed E-state index contributed by atoms with van der Waals surface area (Å²) >= 11 is 1.57. The standard InChI is InChI=1S/C9H9NO5S/c11-6-3-7-10(6)5(1-2-16-7)9(14)15-4-8(12)13/h1,7H,2-4H2,(H,12,13)/t7-/m1/s1. The van der Waals surface area contributed by atoms with Crippen LogP contribution in [-0.2, 0) is 19.1 Å². The molecule has 0 aliphatic carbocycles. The number of carbonyl (C=O) groups excluding carboxylic acids is 2. The van der Waals surface area contributed by atoms with Gasteiger partial charge in [-0.3, -0.25) is 9.69 Å². The number of nitrogens with zero attached hydrogens (tertiary/aromatic N) is 1. The number of fused-ring (bicyclic) bond motifs is 1. The maximum atomic E-state index is 11.5. The number of thioether (sulfide) groups is 1. The highest BCUT2D eigenvalue weighted by molar-refractivity contribution is 8.00. The predicted octanol–water partition coefficient (Wildman–Crippen LogP) is -0.197. The molecule has 0 bridgehead atoms. The molecule has 2 heterocycles. The van der Waals surface area contributed by atoms with Crippen molar-refractivity contribution in [2.24, 2.45) is 0 Å². The number of carbonyl (C=O) groups is 3. The van der Waals surface area contributed by atoms with Crippen LogP contribution in [0, 0.1) is 0 Å². The quantitative estimate of drug-likeness (QED) is 0.546. The Morgan fingerprint density at radius 3 is 3.00 bits per heavy atom. The van der Waals surface area contributed by atoms with Crippen molar-refractivity contribution < 1.29 is 24.2 Å². The highest BCUT2D eigenvalue weighted by Gasteiger charge is 2.43. The summed E-state index contributed by atoms with van der Waals surface area (Å²) in [7, 11) is 0.